The molecule has 134 valence electrons. The molecule has 0 unspecified atom stereocenters. The highest BCUT2D eigenvalue weighted by molar-refractivity contribution is 5.67. The highest BCUT2D eigenvalue weighted by Gasteiger charge is 2.33. The summed E-state index contributed by atoms with van der Waals surface area (Å²) in [6.07, 6.45) is -5.30. The van der Waals surface area contributed by atoms with Gasteiger partial charge in [0.1, 0.15) is 6.61 Å². The van der Waals surface area contributed by atoms with Crippen LogP contribution in [0.4, 0.5) is 18.0 Å². The van der Waals surface area contributed by atoms with Crippen LogP contribution in [0.3, 0.4) is 0 Å². The maximum atomic E-state index is 13.1. The normalized spacial score (nSPS) is 11.2. The van der Waals surface area contributed by atoms with Crippen molar-refractivity contribution in [3.63, 3.8) is 0 Å². The lowest BCUT2D eigenvalue weighted by molar-refractivity contribution is -0.138. The zero-order valence-corrected chi connectivity index (χ0v) is 13.4. The number of nitrogens with zero attached hydrogens (tertiary/aromatic N) is 1. The molecule has 2 rings (SSSR count). The van der Waals surface area contributed by atoms with Gasteiger partial charge in [-0.05, 0) is 17.2 Å². The number of aliphatic hydroxyl groups is 1. The van der Waals surface area contributed by atoms with Crippen LogP contribution in [0.25, 0.3) is 0 Å². The van der Waals surface area contributed by atoms with E-state index in [0.29, 0.717) is 0 Å². The quantitative estimate of drug-likeness (QED) is 0.859. The van der Waals surface area contributed by atoms with Crippen molar-refractivity contribution >= 4 is 6.09 Å². The average molecular weight is 353 g/mol. The number of rotatable bonds is 6. The van der Waals surface area contributed by atoms with Gasteiger partial charge in [-0.15, -0.1) is 0 Å². The molecule has 0 heterocycles. The van der Waals surface area contributed by atoms with Crippen molar-refractivity contribution in [2.45, 2.75) is 19.3 Å². The number of hydrogen-bond acceptors (Lipinski definition) is 3. The Hall–Kier alpha value is -2.54. The molecule has 1 amide bonds. The number of alkyl halides is 3. The fraction of sp³-hybridized carbons (Fsp3) is 0.278. The Balaban J connectivity index is 2.09. The zero-order valence-electron chi connectivity index (χ0n) is 13.4. The van der Waals surface area contributed by atoms with E-state index >= 15 is 0 Å². The van der Waals surface area contributed by atoms with Crippen LogP contribution < -0.4 is 0 Å². The van der Waals surface area contributed by atoms with Crippen LogP contribution in [0.5, 0.6) is 0 Å². The second-order valence-corrected chi connectivity index (χ2v) is 5.34. The summed E-state index contributed by atoms with van der Waals surface area (Å²) in [4.78, 5) is 13.2. The first-order valence-electron chi connectivity index (χ1n) is 7.63. The fourth-order valence-corrected chi connectivity index (χ4v) is 2.31. The van der Waals surface area contributed by atoms with E-state index in [0.717, 1.165) is 16.5 Å². The minimum absolute atomic E-state index is 0.00250. The first-order valence-corrected chi connectivity index (χ1v) is 7.63. The molecule has 0 aromatic heterocycles. The van der Waals surface area contributed by atoms with E-state index < -0.39 is 17.8 Å². The van der Waals surface area contributed by atoms with Crippen LogP contribution in [0.15, 0.2) is 54.6 Å². The maximum absolute atomic E-state index is 13.1. The van der Waals surface area contributed by atoms with E-state index in [1.807, 2.05) is 6.07 Å². The summed E-state index contributed by atoms with van der Waals surface area (Å²) in [5.41, 5.74) is -0.107. The third kappa shape index (κ3) is 5.49. The molecule has 2 aromatic carbocycles. The third-order valence-electron chi connectivity index (χ3n) is 3.52. The van der Waals surface area contributed by atoms with Gasteiger partial charge in [0.05, 0.1) is 12.2 Å². The molecule has 0 fully saturated rings. The summed E-state index contributed by atoms with van der Waals surface area (Å²) in [7, 11) is 0. The van der Waals surface area contributed by atoms with Gasteiger partial charge >= 0.3 is 12.3 Å². The van der Waals surface area contributed by atoms with Crippen LogP contribution >= 0.6 is 0 Å². The fourth-order valence-electron chi connectivity index (χ4n) is 2.31. The molecule has 0 aliphatic heterocycles. The Morgan fingerprint density at radius 3 is 2.32 bits per heavy atom. The van der Waals surface area contributed by atoms with Crippen molar-refractivity contribution in [1.82, 2.24) is 4.90 Å². The number of carbonyl (C=O) groups is 1. The molecule has 0 bridgehead atoms. The number of halogens is 3. The van der Waals surface area contributed by atoms with Crippen molar-refractivity contribution in [2.75, 3.05) is 13.2 Å². The molecule has 2 aromatic rings. The summed E-state index contributed by atoms with van der Waals surface area (Å²) in [6.45, 7) is -0.805. The molecular weight excluding hydrogens is 335 g/mol. The molecule has 0 atom stereocenters. The largest absolute Gasteiger partial charge is 0.445 e. The Labute approximate surface area is 143 Å². The minimum Gasteiger partial charge on any atom is -0.445 e. The average Bonchev–Trinajstić information content (AvgIpc) is 2.60. The molecule has 7 heteroatoms. The highest BCUT2D eigenvalue weighted by Crippen LogP contribution is 2.32. The monoisotopic (exact) mass is 353 g/mol. The van der Waals surface area contributed by atoms with Crippen LogP contribution in [0.2, 0.25) is 0 Å². The van der Waals surface area contributed by atoms with E-state index in [4.69, 9.17) is 9.84 Å². The lowest BCUT2D eigenvalue weighted by atomic mass is 10.1. The summed E-state index contributed by atoms with van der Waals surface area (Å²) in [6, 6.07) is 13.9. The number of amides is 1. The summed E-state index contributed by atoms with van der Waals surface area (Å²) in [5, 5.41) is 9.11. The maximum Gasteiger partial charge on any atom is 0.416 e. The number of hydrogen-bond donors (Lipinski definition) is 1. The molecule has 0 aliphatic rings. The zero-order chi connectivity index (χ0) is 18.3. The number of ether oxygens (including phenoxy) is 1. The Kier molecular flexibility index (Phi) is 6.41. The van der Waals surface area contributed by atoms with Gasteiger partial charge in [0.2, 0.25) is 0 Å². The van der Waals surface area contributed by atoms with Gasteiger partial charge in [0.15, 0.2) is 0 Å². The Morgan fingerprint density at radius 1 is 1.04 bits per heavy atom. The molecule has 0 radical (unpaired) electrons. The molecule has 0 aliphatic carbocycles. The standard InChI is InChI=1S/C18H18F3NO3/c19-18(20,21)16-9-5-4-8-15(16)12-22(10-11-23)17(24)25-13-14-6-2-1-3-7-14/h1-9,23H,10-13H2. The van der Waals surface area contributed by atoms with Gasteiger partial charge in [-0.2, -0.15) is 13.2 Å². The minimum atomic E-state index is -4.52. The van der Waals surface area contributed by atoms with E-state index in [9.17, 15) is 18.0 Å². The van der Waals surface area contributed by atoms with E-state index in [2.05, 4.69) is 0 Å². The first-order chi connectivity index (χ1) is 11.9. The number of carbonyl (C=O) groups excluding carboxylic acids is 1. The van der Waals surface area contributed by atoms with Crippen molar-refractivity contribution in [2.24, 2.45) is 0 Å². The summed E-state index contributed by atoms with van der Waals surface area (Å²) >= 11 is 0. The van der Waals surface area contributed by atoms with Crippen LogP contribution in [-0.4, -0.2) is 29.3 Å². The predicted octanol–water partition coefficient (Wildman–Crippen LogP) is 3.84. The lowest BCUT2D eigenvalue weighted by Gasteiger charge is -2.23. The highest BCUT2D eigenvalue weighted by atomic mass is 19.4. The van der Waals surface area contributed by atoms with Gasteiger partial charge in [0, 0.05) is 13.1 Å². The van der Waals surface area contributed by atoms with Gasteiger partial charge in [0.25, 0.3) is 0 Å². The van der Waals surface area contributed by atoms with Crippen LogP contribution in [0, 0.1) is 0 Å². The Morgan fingerprint density at radius 2 is 1.68 bits per heavy atom. The van der Waals surface area contributed by atoms with E-state index in [1.165, 1.54) is 18.2 Å². The number of aliphatic hydroxyl groups excluding tert-OH is 1. The van der Waals surface area contributed by atoms with Crippen molar-refractivity contribution in [3.05, 3.63) is 71.3 Å². The molecular formula is C18H18F3NO3. The Bertz CT molecular complexity index is 689. The van der Waals surface area contributed by atoms with Crippen molar-refractivity contribution < 1.29 is 27.8 Å². The second-order valence-electron chi connectivity index (χ2n) is 5.34. The van der Waals surface area contributed by atoms with Gasteiger partial charge < -0.3 is 14.7 Å². The molecule has 0 saturated heterocycles. The molecule has 0 saturated carbocycles. The van der Waals surface area contributed by atoms with Crippen LogP contribution in [-0.2, 0) is 24.1 Å². The van der Waals surface area contributed by atoms with Gasteiger partial charge in [-0.25, -0.2) is 4.79 Å². The predicted molar refractivity (Wildman–Crippen MR) is 85.6 cm³/mol. The van der Waals surface area contributed by atoms with Crippen molar-refractivity contribution in [3.8, 4) is 0 Å². The molecule has 0 spiro atoms. The molecule has 4 nitrogen and oxygen atoms in total. The van der Waals surface area contributed by atoms with E-state index in [1.54, 1.807) is 24.3 Å². The molecule has 25 heavy (non-hydrogen) atoms. The molecule has 1 N–H and O–H groups in total. The topological polar surface area (TPSA) is 49.8 Å². The SMILES string of the molecule is O=C(OCc1ccccc1)N(CCO)Cc1ccccc1C(F)(F)F. The summed E-state index contributed by atoms with van der Waals surface area (Å²) < 4.78 is 44.3. The van der Waals surface area contributed by atoms with Crippen LogP contribution in [0.1, 0.15) is 16.7 Å². The second kappa shape index (κ2) is 8.53. The lowest BCUT2D eigenvalue weighted by Crippen LogP contribution is -2.34. The van der Waals surface area contributed by atoms with Crippen molar-refractivity contribution in [1.29, 1.82) is 0 Å². The number of benzene rings is 2. The summed E-state index contributed by atoms with van der Waals surface area (Å²) in [5.74, 6) is 0. The smallest absolute Gasteiger partial charge is 0.416 e. The first kappa shape index (κ1) is 18.8. The third-order valence-corrected chi connectivity index (χ3v) is 3.52. The van der Waals surface area contributed by atoms with Gasteiger partial charge in [-0.3, -0.25) is 0 Å². The van der Waals surface area contributed by atoms with E-state index in [-0.39, 0.29) is 31.9 Å². The van der Waals surface area contributed by atoms with Gasteiger partial charge in [-0.1, -0.05) is 48.5 Å².